The molecule has 80 valence electrons. The van der Waals surface area contributed by atoms with Gasteiger partial charge in [-0.1, -0.05) is 13.3 Å². The SMILES string of the molecule is CCCCOc1c(C)cc(I)cc1C#N. The summed E-state index contributed by atoms with van der Waals surface area (Å²) in [5.74, 6) is 0.742. The first-order valence-electron chi connectivity index (χ1n) is 5.02. The Morgan fingerprint density at radius 1 is 1.47 bits per heavy atom. The number of hydrogen-bond donors (Lipinski definition) is 0. The van der Waals surface area contributed by atoms with Crippen molar-refractivity contribution in [3.8, 4) is 11.8 Å². The fourth-order valence-electron chi connectivity index (χ4n) is 1.32. The first-order valence-corrected chi connectivity index (χ1v) is 6.10. The van der Waals surface area contributed by atoms with E-state index in [4.69, 9.17) is 10.00 Å². The fraction of sp³-hybridized carbons (Fsp3) is 0.417. The van der Waals surface area contributed by atoms with Gasteiger partial charge in [-0.05, 0) is 53.6 Å². The zero-order valence-corrected chi connectivity index (χ0v) is 11.2. The summed E-state index contributed by atoms with van der Waals surface area (Å²) in [4.78, 5) is 0. The van der Waals surface area contributed by atoms with Crippen molar-refractivity contribution in [1.29, 1.82) is 5.26 Å². The Morgan fingerprint density at radius 3 is 2.80 bits per heavy atom. The van der Waals surface area contributed by atoms with Crippen LogP contribution in [-0.4, -0.2) is 6.61 Å². The number of hydrogen-bond acceptors (Lipinski definition) is 2. The summed E-state index contributed by atoms with van der Waals surface area (Å²) >= 11 is 2.21. The molecule has 0 aliphatic heterocycles. The van der Waals surface area contributed by atoms with Gasteiger partial charge in [0.15, 0.2) is 0 Å². The highest BCUT2D eigenvalue weighted by atomic mass is 127. The second kappa shape index (κ2) is 5.96. The second-order valence-electron chi connectivity index (χ2n) is 3.41. The molecule has 15 heavy (non-hydrogen) atoms. The van der Waals surface area contributed by atoms with E-state index in [0.717, 1.165) is 27.7 Å². The third-order valence-electron chi connectivity index (χ3n) is 2.10. The molecule has 0 spiro atoms. The lowest BCUT2D eigenvalue weighted by Crippen LogP contribution is -2.00. The van der Waals surface area contributed by atoms with Gasteiger partial charge in [-0.25, -0.2) is 0 Å². The van der Waals surface area contributed by atoms with Crippen LogP contribution in [0, 0.1) is 21.8 Å². The minimum atomic E-state index is 0.635. The molecule has 0 aromatic heterocycles. The number of nitrogens with zero attached hydrogens (tertiary/aromatic N) is 1. The molecule has 0 saturated heterocycles. The highest BCUT2D eigenvalue weighted by molar-refractivity contribution is 14.1. The zero-order chi connectivity index (χ0) is 11.3. The van der Waals surface area contributed by atoms with Gasteiger partial charge in [0, 0.05) is 3.57 Å². The number of nitriles is 1. The summed E-state index contributed by atoms with van der Waals surface area (Å²) < 4.78 is 6.70. The maximum atomic E-state index is 8.99. The fourth-order valence-corrected chi connectivity index (χ4v) is 2.10. The number of ether oxygens (including phenoxy) is 1. The van der Waals surface area contributed by atoms with E-state index in [1.54, 1.807) is 0 Å². The van der Waals surface area contributed by atoms with E-state index in [1.165, 1.54) is 0 Å². The van der Waals surface area contributed by atoms with Gasteiger partial charge in [0.05, 0.1) is 12.2 Å². The first-order chi connectivity index (χ1) is 7.19. The van der Waals surface area contributed by atoms with Crippen LogP contribution in [0.1, 0.15) is 30.9 Å². The summed E-state index contributed by atoms with van der Waals surface area (Å²) in [7, 11) is 0. The molecular weight excluding hydrogens is 301 g/mol. The molecule has 1 aromatic rings. The molecule has 0 saturated carbocycles. The lowest BCUT2D eigenvalue weighted by atomic mass is 10.1. The van der Waals surface area contributed by atoms with Crippen LogP contribution in [0.5, 0.6) is 5.75 Å². The quantitative estimate of drug-likeness (QED) is 0.628. The van der Waals surface area contributed by atoms with Crippen LogP contribution < -0.4 is 4.74 Å². The Hall–Kier alpha value is -0.760. The molecule has 0 unspecified atom stereocenters. The maximum absolute atomic E-state index is 8.99. The third kappa shape index (κ3) is 3.38. The van der Waals surface area contributed by atoms with Crippen LogP contribution in [0.2, 0.25) is 0 Å². The molecule has 2 nitrogen and oxygen atoms in total. The minimum Gasteiger partial charge on any atom is -0.492 e. The smallest absolute Gasteiger partial charge is 0.140 e. The first kappa shape index (κ1) is 12.3. The lowest BCUT2D eigenvalue weighted by Gasteiger charge is -2.10. The normalized spacial score (nSPS) is 9.73. The van der Waals surface area contributed by atoms with Crippen molar-refractivity contribution in [3.63, 3.8) is 0 Å². The molecular formula is C12H14INO. The van der Waals surface area contributed by atoms with Gasteiger partial charge >= 0.3 is 0 Å². The number of halogens is 1. The summed E-state index contributed by atoms with van der Waals surface area (Å²) in [6.07, 6.45) is 2.13. The number of benzene rings is 1. The van der Waals surface area contributed by atoms with Gasteiger partial charge in [0.25, 0.3) is 0 Å². The Kier molecular flexibility index (Phi) is 4.89. The van der Waals surface area contributed by atoms with Crippen molar-refractivity contribution in [3.05, 3.63) is 26.8 Å². The molecule has 1 rings (SSSR count). The standard InChI is InChI=1S/C12H14INO/c1-3-4-5-15-12-9(2)6-11(13)7-10(12)8-14/h6-7H,3-5H2,1-2H3. The molecule has 3 heteroatoms. The maximum Gasteiger partial charge on any atom is 0.140 e. The van der Waals surface area contributed by atoms with Crippen LogP contribution in [0.25, 0.3) is 0 Å². The topological polar surface area (TPSA) is 33.0 Å². The number of rotatable bonds is 4. The predicted molar refractivity (Wildman–Crippen MR) is 69.0 cm³/mol. The molecule has 0 N–H and O–H groups in total. The van der Waals surface area contributed by atoms with Crippen LogP contribution in [0.4, 0.5) is 0 Å². The molecule has 0 fully saturated rings. The highest BCUT2D eigenvalue weighted by Gasteiger charge is 2.08. The Bertz CT molecular complexity index is 382. The van der Waals surface area contributed by atoms with Crippen molar-refractivity contribution < 1.29 is 4.74 Å². The summed E-state index contributed by atoms with van der Waals surface area (Å²) in [6, 6.07) is 6.06. The van der Waals surface area contributed by atoms with Gasteiger partial charge in [-0.3, -0.25) is 0 Å². The monoisotopic (exact) mass is 315 g/mol. The molecule has 0 aliphatic carbocycles. The van der Waals surface area contributed by atoms with Crippen LogP contribution in [-0.2, 0) is 0 Å². The van der Waals surface area contributed by atoms with E-state index in [0.29, 0.717) is 12.2 Å². The molecule has 1 aromatic carbocycles. The van der Waals surface area contributed by atoms with Crippen LogP contribution >= 0.6 is 22.6 Å². The minimum absolute atomic E-state index is 0.635. The van der Waals surface area contributed by atoms with Crippen LogP contribution in [0.15, 0.2) is 12.1 Å². The van der Waals surface area contributed by atoms with Crippen molar-refractivity contribution in [2.45, 2.75) is 26.7 Å². The van der Waals surface area contributed by atoms with E-state index in [9.17, 15) is 0 Å². The molecule has 0 atom stereocenters. The number of unbranched alkanes of at least 4 members (excludes halogenated alkanes) is 1. The Balaban J connectivity index is 2.90. The Morgan fingerprint density at radius 2 is 2.20 bits per heavy atom. The van der Waals surface area contributed by atoms with Crippen molar-refractivity contribution in [2.24, 2.45) is 0 Å². The van der Waals surface area contributed by atoms with Crippen molar-refractivity contribution in [1.82, 2.24) is 0 Å². The zero-order valence-electron chi connectivity index (χ0n) is 9.01. The van der Waals surface area contributed by atoms with Gasteiger partial charge in [-0.2, -0.15) is 5.26 Å². The van der Waals surface area contributed by atoms with Gasteiger partial charge in [0.2, 0.25) is 0 Å². The second-order valence-corrected chi connectivity index (χ2v) is 4.66. The molecule has 0 heterocycles. The largest absolute Gasteiger partial charge is 0.492 e. The summed E-state index contributed by atoms with van der Waals surface area (Å²) in [6.45, 7) is 4.78. The summed E-state index contributed by atoms with van der Waals surface area (Å²) in [5.41, 5.74) is 1.67. The molecule has 0 radical (unpaired) electrons. The van der Waals surface area contributed by atoms with Gasteiger partial charge in [0.1, 0.15) is 11.8 Å². The lowest BCUT2D eigenvalue weighted by molar-refractivity contribution is 0.306. The average molecular weight is 315 g/mol. The molecule has 0 amide bonds. The predicted octanol–water partition coefficient (Wildman–Crippen LogP) is 3.65. The van der Waals surface area contributed by atoms with E-state index >= 15 is 0 Å². The molecule has 0 bridgehead atoms. The number of aryl methyl sites for hydroxylation is 1. The molecule has 0 aliphatic rings. The van der Waals surface area contributed by atoms with E-state index in [1.807, 2.05) is 19.1 Å². The van der Waals surface area contributed by atoms with E-state index < -0.39 is 0 Å². The van der Waals surface area contributed by atoms with E-state index in [-0.39, 0.29) is 0 Å². The van der Waals surface area contributed by atoms with Gasteiger partial charge in [-0.15, -0.1) is 0 Å². The average Bonchev–Trinajstić information content (AvgIpc) is 2.20. The van der Waals surface area contributed by atoms with E-state index in [2.05, 4.69) is 35.6 Å². The highest BCUT2D eigenvalue weighted by Crippen LogP contribution is 2.25. The van der Waals surface area contributed by atoms with Crippen molar-refractivity contribution in [2.75, 3.05) is 6.61 Å². The van der Waals surface area contributed by atoms with Crippen LogP contribution in [0.3, 0.4) is 0 Å². The summed E-state index contributed by atoms with van der Waals surface area (Å²) in [5, 5.41) is 8.99. The van der Waals surface area contributed by atoms with Gasteiger partial charge < -0.3 is 4.74 Å². The Labute approximate surface area is 104 Å². The third-order valence-corrected chi connectivity index (χ3v) is 2.73. The van der Waals surface area contributed by atoms with Crippen molar-refractivity contribution >= 4 is 22.6 Å².